The molecule has 0 bridgehead atoms. The molecular formula is C9H16O3. The molecule has 0 saturated carbocycles. The average Bonchev–Trinajstić information content (AvgIpc) is 2.54. The average molecular weight is 172 g/mol. The zero-order valence-electron chi connectivity index (χ0n) is 7.45. The maximum atomic E-state index is 9.72. The summed E-state index contributed by atoms with van der Waals surface area (Å²) in [5.41, 5.74) is -0.657. The van der Waals surface area contributed by atoms with Gasteiger partial charge in [-0.2, -0.15) is 0 Å². The van der Waals surface area contributed by atoms with Gasteiger partial charge in [0.1, 0.15) is 5.60 Å². The van der Waals surface area contributed by atoms with E-state index in [1.54, 1.807) is 6.08 Å². The van der Waals surface area contributed by atoms with Gasteiger partial charge in [-0.05, 0) is 6.42 Å². The van der Waals surface area contributed by atoms with Gasteiger partial charge in [-0.25, -0.2) is 9.78 Å². The Labute approximate surface area is 72.9 Å². The van der Waals surface area contributed by atoms with Crippen LogP contribution < -0.4 is 0 Å². The standard InChI is InChI=1S/C9H16O3/c1-3-5-8(10)9(4-2)6-7-11-12-9/h4,8,10H,2-3,5-7H2,1H3. The van der Waals surface area contributed by atoms with Crippen molar-refractivity contribution in [1.29, 1.82) is 0 Å². The van der Waals surface area contributed by atoms with Crippen molar-refractivity contribution in [1.82, 2.24) is 0 Å². The minimum Gasteiger partial charge on any atom is -0.390 e. The van der Waals surface area contributed by atoms with Gasteiger partial charge in [0.2, 0.25) is 0 Å². The maximum Gasteiger partial charge on any atom is 0.149 e. The van der Waals surface area contributed by atoms with E-state index in [0.29, 0.717) is 13.0 Å². The summed E-state index contributed by atoms with van der Waals surface area (Å²) in [7, 11) is 0. The summed E-state index contributed by atoms with van der Waals surface area (Å²) in [5.74, 6) is 0. The quantitative estimate of drug-likeness (QED) is 0.515. The van der Waals surface area contributed by atoms with Crippen LogP contribution in [0.2, 0.25) is 0 Å². The zero-order valence-corrected chi connectivity index (χ0v) is 7.45. The van der Waals surface area contributed by atoms with E-state index in [4.69, 9.17) is 9.78 Å². The van der Waals surface area contributed by atoms with Crippen LogP contribution in [0.5, 0.6) is 0 Å². The Hall–Kier alpha value is -0.380. The fourth-order valence-corrected chi connectivity index (χ4v) is 1.41. The van der Waals surface area contributed by atoms with Gasteiger partial charge in [-0.1, -0.05) is 19.4 Å². The summed E-state index contributed by atoms with van der Waals surface area (Å²) in [6, 6.07) is 0. The molecule has 3 nitrogen and oxygen atoms in total. The first-order chi connectivity index (χ1) is 5.75. The molecule has 0 aliphatic carbocycles. The smallest absolute Gasteiger partial charge is 0.149 e. The molecule has 0 spiro atoms. The van der Waals surface area contributed by atoms with E-state index in [1.165, 1.54) is 0 Å². The van der Waals surface area contributed by atoms with Gasteiger partial charge in [0.15, 0.2) is 0 Å². The molecule has 70 valence electrons. The van der Waals surface area contributed by atoms with E-state index >= 15 is 0 Å². The number of aliphatic hydroxyl groups is 1. The van der Waals surface area contributed by atoms with Crippen LogP contribution in [0.4, 0.5) is 0 Å². The highest BCUT2D eigenvalue weighted by Gasteiger charge is 2.40. The molecule has 0 amide bonds. The van der Waals surface area contributed by atoms with Crippen molar-refractivity contribution >= 4 is 0 Å². The number of hydrogen-bond acceptors (Lipinski definition) is 3. The Balaban J connectivity index is 2.58. The van der Waals surface area contributed by atoms with Crippen LogP contribution >= 0.6 is 0 Å². The van der Waals surface area contributed by atoms with Crippen molar-refractivity contribution in [2.45, 2.75) is 37.9 Å². The van der Waals surface area contributed by atoms with Gasteiger partial charge in [-0.3, -0.25) is 0 Å². The van der Waals surface area contributed by atoms with Crippen LogP contribution in [0.25, 0.3) is 0 Å². The highest BCUT2D eigenvalue weighted by atomic mass is 17.2. The van der Waals surface area contributed by atoms with Crippen molar-refractivity contribution in [3.05, 3.63) is 12.7 Å². The molecule has 1 N–H and O–H groups in total. The SMILES string of the molecule is C=CC1(C(O)CCC)CCOO1. The van der Waals surface area contributed by atoms with Crippen molar-refractivity contribution in [2.75, 3.05) is 6.61 Å². The Kier molecular flexibility index (Phi) is 3.26. The third-order valence-corrected chi connectivity index (χ3v) is 2.26. The monoisotopic (exact) mass is 172 g/mol. The second-order valence-corrected chi connectivity index (χ2v) is 3.12. The summed E-state index contributed by atoms with van der Waals surface area (Å²) in [6.07, 6.45) is 3.48. The first-order valence-electron chi connectivity index (χ1n) is 4.37. The molecule has 0 aromatic rings. The molecule has 1 saturated heterocycles. The fourth-order valence-electron chi connectivity index (χ4n) is 1.41. The van der Waals surface area contributed by atoms with Gasteiger partial charge in [0.25, 0.3) is 0 Å². The lowest BCUT2D eigenvalue weighted by Gasteiger charge is -2.27. The molecule has 12 heavy (non-hydrogen) atoms. The second kappa shape index (κ2) is 4.03. The van der Waals surface area contributed by atoms with Crippen LogP contribution in [0.15, 0.2) is 12.7 Å². The van der Waals surface area contributed by atoms with E-state index in [-0.39, 0.29) is 0 Å². The van der Waals surface area contributed by atoms with Crippen LogP contribution in [0.1, 0.15) is 26.2 Å². The zero-order chi connectivity index (χ0) is 9.03. The lowest BCUT2D eigenvalue weighted by atomic mass is 9.91. The number of aliphatic hydroxyl groups excluding tert-OH is 1. The Morgan fingerprint density at radius 2 is 2.50 bits per heavy atom. The largest absolute Gasteiger partial charge is 0.390 e. The molecule has 1 fully saturated rings. The third-order valence-electron chi connectivity index (χ3n) is 2.26. The van der Waals surface area contributed by atoms with Gasteiger partial charge in [0, 0.05) is 6.42 Å². The minimum atomic E-state index is -0.657. The van der Waals surface area contributed by atoms with E-state index in [2.05, 4.69) is 6.58 Å². The maximum absolute atomic E-state index is 9.72. The molecule has 1 heterocycles. The van der Waals surface area contributed by atoms with Crippen LogP contribution in [-0.4, -0.2) is 23.4 Å². The summed E-state index contributed by atoms with van der Waals surface area (Å²) in [6.45, 7) is 6.21. The van der Waals surface area contributed by atoms with Gasteiger partial charge >= 0.3 is 0 Å². The molecule has 1 aliphatic rings. The summed E-state index contributed by atoms with van der Waals surface area (Å²) in [4.78, 5) is 9.82. The molecule has 1 rings (SSSR count). The van der Waals surface area contributed by atoms with Crippen LogP contribution in [0.3, 0.4) is 0 Å². The van der Waals surface area contributed by atoms with Crippen LogP contribution in [-0.2, 0) is 9.78 Å². The molecule has 1 aliphatic heterocycles. The van der Waals surface area contributed by atoms with Crippen LogP contribution in [0, 0.1) is 0 Å². The number of hydrogen-bond donors (Lipinski definition) is 1. The highest BCUT2D eigenvalue weighted by Crippen LogP contribution is 2.30. The molecule has 0 radical (unpaired) electrons. The number of rotatable bonds is 4. The van der Waals surface area contributed by atoms with E-state index < -0.39 is 11.7 Å². The summed E-state index contributed by atoms with van der Waals surface area (Å²) < 4.78 is 0. The third kappa shape index (κ3) is 1.68. The Morgan fingerprint density at radius 1 is 1.75 bits per heavy atom. The molecule has 3 heteroatoms. The van der Waals surface area contributed by atoms with Crippen molar-refractivity contribution in [2.24, 2.45) is 0 Å². The molecule has 0 aromatic carbocycles. The van der Waals surface area contributed by atoms with Gasteiger partial charge in [-0.15, -0.1) is 6.58 Å². The topological polar surface area (TPSA) is 38.7 Å². The van der Waals surface area contributed by atoms with E-state index in [1.807, 2.05) is 6.92 Å². The van der Waals surface area contributed by atoms with Gasteiger partial charge < -0.3 is 5.11 Å². The highest BCUT2D eigenvalue weighted by molar-refractivity contribution is 5.03. The fraction of sp³-hybridized carbons (Fsp3) is 0.778. The van der Waals surface area contributed by atoms with Gasteiger partial charge in [0.05, 0.1) is 12.7 Å². The molecule has 0 aromatic heterocycles. The van der Waals surface area contributed by atoms with Crippen molar-refractivity contribution < 1.29 is 14.9 Å². The minimum absolute atomic E-state index is 0.498. The van der Waals surface area contributed by atoms with E-state index in [9.17, 15) is 5.11 Å². The summed E-state index contributed by atoms with van der Waals surface area (Å²) in [5, 5.41) is 9.72. The molecular weight excluding hydrogens is 156 g/mol. The Morgan fingerprint density at radius 3 is 2.92 bits per heavy atom. The first kappa shape index (κ1) is 9.71. The first-order valence-corrected chi connectivity index (χ1v) is 4.37. The molecule has 2 unspecified atom stereocenters. The lowest BCUT2D eigenvalue weighted by molar-refractivity contribution is -0.313. The summed E-state index contributed by atoms with van der Waals surface area (Å²) >= 11 is 0. The normalized spacial score (nSPS) is 31.8. The molecule has 2 atom stereocenters. The predicted octanol–water partition coefficient (Wildman–Crippen LogP) is 1.42. The lowest BCUT2D eigenvalue weighted by Crippen LogP contribution is -2.39. The predicted molar refractivity (Wildman–Crippen MR) is 45.5 cm³/mol. The Bertz CT molecular complexity index is 150. The second-order valence-electron chi connectivity index (χ2n) is 3.12. The van der Waals surface area contributed by atoms with Crippen molar-refractivity contribution in [3.8, 4) is 0 Å². The van der Waals surface area contributed by atoms with Crippen molar-refractivity contribution in [3.63, 3.8) is 0 Å². The van der Waals surface area contributed by atoms with E-state index in [0.717, 1.165) is 12.8 Å².